The Morgan fingerprint density at radius 2 is 1.55 bits per heavy atom. The highest BCUT2D eigenvalue weighted by atomic mass is 35.5. The van der Waals surface area contributed by atoms with Gasteiger partial charge in [0.25, 0.3) is 0 Å². The molecule has 0 heterocycles. The molecule has 0 spiro atoms. The second-order valence-electron chi connectivity index (χ2n) is 2.02. The van der Waals surface area contributed by atoms with Crippen LogP contribution in [0.3, 0.4) is 0 Å². The molecule has 1 aromatic rings. The van der Waals surface area contributed by atoms with Crippen LogP contribution in [0.5, 0.6) is 0 Å². The van der Waals surface area contributed by atoms with Crippen molar-refractivity contribution >= 4 is 34.1 Å². The lowest BCUT2D eigenvalue weighted by Gasteiger charge is -1.98. The Kier molecular flexibility index (Phi) is 4.13. The SMILES string of the molecule is ClC[S+](CCl)c1ccccc1. The van der Waals surface area contributed by atoms with Crippen LogP contribution >= 0.6 is 23.2 Å². The zero-order valence-electron chi connectivity index (χ0n) is 5.97. The van der Waals surface area contributed by atoms with Crippen LogP contribution in [0.2, 0.25) is 0 Å². The average Bonchev–Trinajstić information content (AvgIpc) is 2.09. The Labute approximate surface area is 79.9 Å². The number of benzene rings is 1. The normalized spacial score (nSPS) is 10.5. The van der Waals surface area contributed by atoms with E-state index in [2.05, 4.69) is 12.1 Å². The summed E-state index contributed by atoms with van der Waals surface area (Å²) in [6.45, 7) is 0. The highest BCUT2D eigenvalue weighted by molar-refractivity contribution is 7.99. The molecule has 0 N–H and O–H groups in total. The van der Waals surface area contributed by atoms with Gasteiger partial charge in [0.1, 0.15) is 0 Å². The zero-order chi connectivity index (χ0) is 8.10. The number of hydrogen-bond donors (Lipinski definition) is 0. The number of hydrogen-bond acceptors (Lipinski definition) is 0. The van der Waals surface area contributed by atoms with Crippen molar-refractivity contribution in [2.75, 3.05) is 10.4 Å². The fourth-order valence-corrected chi connectivity index (χ4v) is 3.08. The second kappa shape index (κ2) is 4.91. The molecule has 0 unspecified atom stereocenters. The highest BCUT2D eigenvalue weighted by Gasteiger charge is 2.17. The van der Waals surface area contributed by atoms with Crippen molar-refractivity contribution in [2.24, 2.45) is 0 Å². The molecule has 0 atom stereocenters. The van der Waals surface area contributed by atoms with Crippen LogP contribution in [0.25, 0.3) is 0 Å². The van der Waals surface area contributed by atoms with Gasteiger partial charge < -0.3 is 0 Å². The van der Waals surface area contributed by atoms with Crippen molar-refractivity contribution < 1.29 is 0 Å². The van der Waals surface area contributed by atoms with E-state index in [1.54, 1.807) is 0 Å². The van der Waals surface area contributed by atoms with E-state index in [-0.39, 0.29) is 10.9 Å². The maximum atomic E-state index is 5.73. The maximum Gasteiger partial charge on any atom is 0.188 e. The van der Waals surface area contributed by atoms with Gasteiger partial charge in [0.2, 0.25) is 0 Å². The first-order valence-electron chi connectivity index (χ1n) is 3.23. The smallest absolute Gasteiger partial charge is 0.0677 e. The monoisotopic (exact) mass is 207 g/mol. The number of alkyl halides is 2. The van der Waals surface area contributed by atoms with E-state index in [1.165, 1.54) is 4.90 Å². The summed E-state index contributed by atoms with van der Waals surface area (Å²) in [7, 11) is 0.0291. The van der Waals surface area contributed by atoms with Crippen molar-refractivity contribution in [3.8, 4) is 0 Å². The van der Waals surface area contributed by atoms with E-state index in [1.807, 2.05) is 18.2 Å². The summed E-state index contributed by atoms with van der Waals surface area (Å²) < 4.78 is 0. The Morgan fingerprint density at radius 3 is 2.00 bits per heavy atom. The summed E-state index contributed by atoms with van der Waals surface area (Å²) in [6, 6.07) is 10.1. The standard InChI is InChI=1S/C8H9Cl2S/c9-6-11(7-10)8-4-2-1-3-5-8/h1-5H,6-7H2/q+1. The third-order valence-electron chi connectivity index (χ3n) is 1.34. The molecule has 0 aliphatic rings. The third kappa shape index (κ3) is 2.58. The van der Waals surface area contributed by atoms with Gasteiger partial charge in [0.15, 0.2) is 15.3 Å². The van der Waals surface area contributed by atoms with Crippen molar-refractivity contribution in [1.29, 1.82) is 0 Å². The minimum atomic E-state index is 0.0291. The van der Waals surface area contributed by atoms with Gasteiger partial charge in [0, 0.05) is 0 Å². The van der Waals surface area contributed by atoms with Crippen molar-refractivity contribution in [1.82, 2.24) is 0 Å². The van der Waals surface area contributed by atoms with E-state index < -0.39 is 0 Å². The van der Waals surface area contributed by atoms with E-state index in [0.29, 0.717) is 10.4 Å². The molecule has 0 bridgehead atoms. The van der Waals surface area contributed by atoms with Gasteiger partial charge in [-0.1, -0.05) is 41.4 Å². The first kappa shape index (κ1) is 9.24. The van der Waals surface area contributed by atoms with Gasteiger partial charge in [-0.2, -0.15) is 0 Å². The summed E-state index contributed by atoms with van der Waals surface area (Å²) in [5.41, 5.74) is 0. The van der Waals surface area contributed by atoms with Gasteiger partial charge in [0.05, 0.1) is 10.9 Å². The Balaban J connectivity index is 2.74. The molecule has 1 rings (SSSR count). The summed E-state index contributed by atoms with van der Waals surface area (Å²) in [5.74, 6) is 0. The largest absolute Gasteiger partial charge is 0.188 e. The molecule has 3 heteroatoms. The molecule has 0 saturated heterocycles. The van der Waals surface area contributed by atoms with Gasteiger partial charge in [-0.05, 0) is 12.1 Å². The Morgan fingerprint density at radius 1 is 1.00 bits per heavy atom. The summed E-state index contributed by atoms with van der Waals surface area (Å²) in [4.78, 5) is 1.25. The molecule has 0 aliphatic heterocycles. The average molecular weight is 208 g/mol. The van der Waals surface area contributed by atoms with Crippen LogP contribution in [0.4, 0.5) is 0 Å². The minimum Gasteiger partial charge on any atom is -0.0677 e. The minimum absolute atomic E-state index is 0.0291. The molecule has 60 valence electrons. The fourth-order valence-electron chi connectivity index (χ4n) is 0.768. The van der Waals surface area contributed by atoms with Crippen LogP contribution < -0.4 is 0 Å². The summed E-state index contributed by atoms with van der Waals surface area (Å²) in [6.07, 6.45) is 0. The molecular formula is C8H9Cl2S+. The van der Waals surface area contributed by atoms with Gasteiger partial charge >= 0.3 is 0 Å². The lowest BCUT2D eigenvalue weighted by molar-refractivity contribution is 1.44. The maximum absolute atomic E-state index is 5.73. The van der Waals surface area contributed by atoms with Crippen LogP contribution in [0.15, 0.2) is 35.2 Å². The van der Waals surface area contributed by atoms with Gasteiger partial charge in [-0.15, -0.1) is 0 Å². The van der Waals surface area contributed by atoms with Crippen LogP contribution in [0.1, 0.15) is 0 Å². The molecule has 0 nitrogen and oxygen atoms in total. The van der Waals surface area contributed by atoms with Gasteiger partial charge in [-0.25, -0.2) is 0 Å². The predicted molar refractivity (Wildman–Crippen MR) is 53.5 cm³/mol. The van der Waals surface area contributed by atoms with Crippen molar-refractivity contribution in [3.63, 3.8) is 0 Å². The van der Waals surface area contributed by atoms with E-state index in [9.17, 15) is 0 Å². The molecule has 0 fully saturated rings. The molecular weight excluding hydrogens is 199 g/mol. The molecule has 1 aromatic carbocycles. The zero-order valence-corrected chi connectivity index (χ0v) is 8.29. The Bertz CT molecular complexity index is 197. The fraction of sp³-hybridized carbons (Fsp3) is 0.250. The first-order chi connectivity index (χ1) is 5.38. The van der Waals surface area contributed by atoms with E-state index >= 15 is 0 Å². The van der Waals surface area contributed by atoms with Crippen LogP contribution in [0, 0.1) is 0 Å². The lowest BCUT2D eigenvalue weighted by Crippen LogP contribution is -2.04. The summed E-state index contributed by atoms with van der Waals surface area (Å²) >= 11 is 11.5. The molecule has 0 saturated carbocycles. The van der Waals surface area contributed by atoms with Crippen molar-refractivity contribution in [3.05, 3.63) is 30.3 Å². The molecule has 0 amide bonds. The third-order valence-corrected chi connectivity index (χ3v) is 4.39. The van der Waals surface area contributed by atoms with E-state index in [4.69, 9.17) is 23.2 Å². The van der Waals surface area contributed by atoms with Crippen molar-refractivity contribution in [2.45, 2.75) is 4.90 Å². The first-order valence-corrected chi connectivity index (χ1v) is 5.86. The lowest BCUT2D eigenvalue weighted by atomic mass is 10.4. The highest BCUT2D eigenvalue weighted by Crippen LogP contribution is 2.15. The number of rotatable bonds is 3. The van der Waals surface area contributed by atoms with Crippen LogP contribution in [-0.2, 0) is 10.9 Å². The second-order valence-corrected chi connectivity index (χ2v) is 5.23. The van der Waals surface area contributed by atoms with Gasteiger partial charge in [-0.3, -0.25) is 0 Å². The topological polar surface area (TPSA) is 0 Å². The quantitative estimate of drug-likeness (QED) is 0.529. The summed E-state index contributed by atoms with van der Waals surface area (Å²) in [5, 5.41) is 1.24. The molecule has 0 aromatic heterocycles. The Hall–Kier alpha value is 0.150. The number of halogens is 2. The molecule has 0 aliphatic carbocycles. The van der Waals surface area contributed by atoms with E-state index in [0.717, 1.165) is 0 Å². The molecule has 0 radical (unpaired) electrons. The van der Waals surface area contributed by atoms with Crippen LogP contribution in [-0.4, -0.2) is 10.4 Å². The molecule has 11 heavy (non-hydrogen) atoms. The predicted octanol–water partition coefficient (Wildman–Crippen LogP) is 3.06.